The lowest BCUT2D eigenvalue weighted by molar-refractivity contribution is -0.135. The van der Waals surface area contributed by atoms with Gasteiger partial charge in [0.1, 0.15) is 6.10 Å². The number of rotatable bonds is 6. The molecule has 37 heavy (non-hydrogen) atoms. The van der Waals surface area contributed by atoms with Gasteiger partial charge >= 0.3 is 0 Å². The Morgan fingerprint density at radius 1 is 1.16 bits per heavy atom. The maximum atomic E-state index is 12.8. The third kappa shape index (κ3) is 3.48. The third-order valence-electron chi connectivity index (χ3n) is 9.77. The van der Waals surface area contributed by atoms with Crippen LogP contribution in [-0.2, 0) is 23.2 Å². The summed E-state index contributed by atoms with van der Waals surface area (Å²) in [6.07, 6.45) is 5.93. The minimum Gasteiger partial charge on any atom is -0.504 e. The number of hydrogen-bond donors (Lipinski definition) is 3. The van der Waals surface area contributed by atoms with E-state index in [2.05, 4.69) is 21.6 Å². The molecule has 7 rings (SSSR count). The molecule has 2 saturated carbocycles. The Morgan fingerprint density at radius 2 is 2.00 bits per heavy atom. The zero-order valence-corrected chi connectivity index (χ0v) is 22.5. The van der Waals surface area contributed by atoms with Crippen LogP contribution in [0, 0.1) is 5.92 Å². The van der Waals surface area contributed by atoms with Crippen molar-refractivity contribution in [2.45, 2.75) is 81.1 Å². The first kappa shape index (κ1) is 24.1. The number of nitrogens with zero attached hydrogens (tertiary/aromatic N) is 1. The monoisotopic (exact) mass is 541 g/mol. The molecule has 2 aromatic carbocycles. The lowest BCUT2D eigenvalue weighted by Gasteiger charge is -2.66. The van der Waals surface area contributed by atoms with Gasteiger partial charge in [0, 0.05) is 37.7 Å². The molecule has 5 aliphatic rings. The van der Waals surface area contributed by atoms with E-state index in [1.807, 2.05) is 18.2 Å². The van der Waals surface area contributed by atoms with Crippen molar-refractivity contribution in [3.05, 3.63) is 57.1 Å². The molecule has 3 aliphatic carbocycles. The molecule has 6 nitrogen and oxygen atoms in total. The molecule has 2 heterocycles. The molecule has 1 saturated heterocycles. The number of hydrogen-bond acceptors (Lipinski definition) is 5. The van der Waals surface area contributed by atoms with Gasteiger partial charge in [0.15, 0.2) is 11.5 Å². The van der Waals surface area contributed by atoms with Gasteiger partial charge in [-0.3, -0.25) is 9.69 Å². The van der Waals surface area contributed by atoms with Crippen LogP contribution in [0.4, 0.5) is 0 Å². The van der Waals surface area contributed by atoms with Gasteiger partial charge in [-0.2, -0.15) is 0 Å². The number of carbonyl (C=O) groups excluding carboxylic acids is 1. The van der Waals surface area contributed by atoms with E-state index >= 15 is 0 Å². The fraction of sp³-hybridized carbons (Fsp3) is 0.552. The number of piperidine rings is 1. The largest absolute Gasteiger partial charge is 0.504 e. The van der Waals surface area contributed by atoms with Gasteiger partial charge in [0.25, 0.3) is 0 Å². The second kappa shape index (κ2) is 8.51. The summed E-state index contributed by atoms with van der Waals surface area (Å²) in [6, 6.07) is 9.87. The number of carbonyl (C=O) groups is 1. The summed E-state index contributed by atoms with van der Waals surface area (Å²) in [5, 5.41) is 19.3. The van der Waals surface area contributed by atoms with Crippen LogP contribution in [0.1, 0.15) is 55.7 Å². The summed E-state index contributed by atoms with van der Waals surface area (Å²) in [4.78, 5) is 15.5. The van der Waals surface area contributed by atoms with Crippen molar-refractivity contribution in [3.8, 4) is 11.5 Å². The van der Waals surface area contributed by atoms with E-state index in [0.717, 1.165) is 55.8 Å². The van der Waals surface area contributed by atoms with Gasteiger partial charge in [-0.1, -0.05) is 35.3 Å². The van der Waals surface area contributed by atoms with Gasteiger partial charge in [0.05, 0.1) is 21.0 Å². The SMILES string of the molecule is CC(=O)N[C@@]12CC[C@@H](NCc3ccc(Cl)c(Cl)c3)[C@@H]3Oc4c(O)ccc5c4[C@@]31CCN(CC1CC1)[C@@H]2C5. The van der Waals surface area contributed by atoms with E-state index in [-0.39, 0.29) is 29.8 Å². The summed E-state index contributed by atoms with van der Waals surface area (Å²) in [5.41, 5.74) is 2.63. The molecule has 1 spiro atoms. The van der Waals surface area contributed by atoms with Crippen molar-refractivity contribution in [2.75, 3.05) is 13.1 Å². The maximum Gasteiger partial charge on any atom is 0.217 e. The highest BCUT2D eigenvalue weighted by Crippen LogP contribution is 2.65. The second-order valence-corrected chi connectivity index (χ2v) is 12.6. The Kier molecular flexibility index (Phi) is 5.53. The maximum absolute atomic E-state index is 12.8. The Labute approximate surface area is 227 Å². The van der Waals surface area contributed by atoms with E-state index in [9.17, 15) is 9.90 Å². The van der Waals surface area contributed by atoms with Crippen LogP contribution in [0.3, 0.4) is 0 Å². The first-order chi connectivity index (χ1) is 17.8. The average molecular weight is 543 g/mol. The summed E-state index contributed by atoms with van der Waals surface area (Å²) in [6.45, 7) is 4.37. The fourth-order valence-electron chi connectivity index (χ4n) is 8.20. The van der Waals surface area contributed by atoms with Crippen LogP contribution >= 0.6 is 23.2 Å². The smallest absolute Gasteiger partial charge is 0.217 e. The molecule has 0 radical (unpaired) electrons. The van der Waals surface area contributed by atoms with Crippen molar-refractivity contribution in [3.63, 3.8) is 0 Å². The average Bonchev–Trinajstić information content (AvgIpc) is 3.60. The quantitative estimate of drug-likeness (QED) is 0.499. The first-order valence-electron chi connectivity index (χ1n) is 13.5. The molecule has 8 heteroatoms. The zero-order valence-electron chi connectivity index (χ0n) is 21.0. The Balaban J connectivity index is 1.31. The highest BCUT2D eigenvalue weighted by atomic mass is 35.5. The lowest BCUT2D eigenvalue weighted by atomic mass is 9.46. The number of ether oxygens (including phenoxy) is 1. The standard InChI is InChI=1S/C29H33Cl2N3O3/c1-16(35)33-29-9-8-22(32-14-18-4-6-20(30)21(31)12-18)27-28(29)10-11-34(15-17-2-3-17)24(29)13-19-5-7-23(36)26(37-27)25(19)28/h4-7,12,17,22,24,27,32,36H,2-3,8-11,13-15H2,1H3,(H,33,35)/t22-,24-,27+,28+,29-/m1/s1. The number of nitrogens with one attached hydrogen (secondary N) is 2. The second-order valence-electron chi connectivity index (χ2n) is 11.8. The third-order valence-corrected chi connectivity index (χ3v) is 10.5. The Morgan fingerprint density at radius 3 is 2.76 bits per heavy atom. The van der Waals surface area contributed by atoms with Gasteiger partial charge in [-0.15, -0.1) is 0 Å². The predicted molar refractivity (Wildman–Crippen MR) is 143 cm³/mol. The van der Waals surface area contributed by atoms with E-state index < -0.39 is 11.0 Å². The van der Waals surface area contributed by atoms with Crippen LogP contribution in [-0.4, -0.2) is 52.7 Å². The number of benzene rings is 2. The summed E-state index contributed by atoms with van der Waals surface area (Å²) in [5.74, 6) is 1.60. The van der Waals surface area contributed by atoms with Gasteiger partial charge < -0.3 is 20.5 Å². The molecule has 3 fully saturated rings. The number of likely N-dealkylation sites (tertiary alicyclic amines) is 1. The van der Waals surface area contributed by atoms with Crippen molar-refractivity contribution < 1.29 is 14.6 Å². The number of aromatic hydroxyl groups is 1. The molecule has 1 amide bonds. The van der Waals surface area contributed by atoms with Gasteiger partial charge in [-0.05, 0) is 80.3 Å². The Hall–Kier alpha value is -1.99. The van der Waals surface area contributed by atoms with Crippen LogP contribution < -0.4 is 15.4 Å². The number of phenols is 1. The molecule has 2 aliphatic heterocycles. The molecule has 5 atom stereocenters. The molecular weight excluding hydrogens is 509 g/mol. The minimum absolute atomic E-state index is 0.00988. The summed E-state index contributed by atoms with van der Waals surface area (Å²) < 4.78 is 6.76. The fourth-order valence-corrected chi connectivity index (χ4v) is 8.52. The number of phenolic OH excluding ortho intramolecular Hbond substituents is 1. The molecule has 196 valence electrons. The Bertz CT molecular complexity index is 1280. The summed E-state index contributed by atoms with van der Waals surface area (Å²) >= 11 is 12.4. The minimum atomic E-state index is -0.426. The zero-order chi connectivity index (χ0) is 25.5. The molecular formula is C29H33Cl2N3O3. The van der Waals surface area contributed by atoms with Crippen LogP contribution in [0.2, 0.25) is 10.0 Å². The van der Waals surface area contributed by atoms with Crippen LogP contribution in [0.15, 0.2) is 30.3 Å². The topological polar surface area (TPSA) is 73.8 Å². The molecule has 0 aromatic heterocycles. The van der Waals surface area contributed by atoms with Crippen LogP contribution in [0.5, 0.6) is 11.5 Å². The summed E-state index contributed by atoms with van der Waals surface area (Å²) in [7, 11) is 0. The molecule has 2 aromatic rings. The molecule has 0 unspecified atom stereocenters. The van der Waals surface area contributed by atoms with E-state index in [1.165, 1.54) is 18.4 Å². The van der Waals surface area contributed by atoms with Crippen molar-refractivity contribution in [2.24, 2.45) is 5.92 Å². The molecule has 3 N–H and O–H groups in total. The number of amides is 1. The highest BCUT2D eigenvalue weighted by Gasteiger charge is 2.73. The van der Waals surface area contributed by atoms with Gasteiger partial charge in [-0.25, -0.2) is 0 Å². The predicted octanol–water partition coefficient (Wildman–Crippen LogP) is 4.57. The van der Waals surface area contributed by atoms with Crippen molar-refractivity contribution in [1.29, 1.82) is 0 Å². The van der Waals surface area contributed by atoms with Crippen molar-refractivity contribution >= 4 is 29.1 Å². The van der Waals surface area contributed by atoms with Gasteiger partial charge in [0.2, 0.25) is 5.91 Å². The van der Waals surface area contributed by atoms with E-state index in [1.54, 1.807) is 13.0 Å². The normalized spacial score (nSPS) is 33.5. The van der Waals surface area contributed by atoms with Crippen molar-refractivity contribution in [1.82, 2.24) is 15.5 Å². The van der Waals surface area contributed by atoms with E-state index in [0.29, 0.717) is 22.3 Å². The van der Waals surface area contributed by atoms with E-state index in [4.69, 9.17) is 27.9 Å². The molecule has 2 bridgehead atoms. The highest BCUT2D eigenvalue weighted by molar-refractivity contribution is 6.42. The first-order valence-corrected chi connectivity index (χ1v) is 14.3. The number of halogens is 2. The lowest BCUT2D eigenvalue weighted by Crippen LogP contribution is -2.82. The van der Waals surface area contributed by atoms with Crippen LogP contribution in [0.25, 0.3) is 0 Å².